The molecule has 5 nitrogen and oxygen atoms in total. The van der Waals surface area contributed by atoms with Gasteiger partial charge in [-0.05, 0) is 62.4 Å². The van der Waals surface area contributed by atoms with Crippen LogP contribution in [0.4, 0.5) is 0 Å². The number of nitrogens with zero attached hydrogens (tertiary/aromatic N) is 3. The highest BCUT2D eigenvalue weighted by molar-refractivity contribution is 5.66. The largest absolute Gasteiger partial charge is 0.490 e. The van der Waals surface area contributed by atoms with Crippen molar-refractivity contribution in [3.8, 4) is 34.7 Å². The third kappa shape index (κ3) is 5.07. The molecular formula is C25H31N3O2. The van der Waals surface area contributed by atoms with E-state index in [0.717, 1.165) is 18.4 Å². The van der Waals surface area contributed by atoms with E-state index in [4.69, 9.17) is 9.26 Å². The van der Waals surface area contributed by atoms with Crippen LogP contribution in [0.25, 0.3) is 22.8 Å². The van der Waals surface area contributed by atoms with E-state index in [1.54, 1.807) is 12.1 Å². The Labute approximate surface area is 179 Å². The first-order chi connectivity index (χ1) is 14.7. The number of rotatable bonds is 4. The maximum atomic E-state index is 9.40. The van der Waals surface area contributed by atoms with Gasteiger partial charge in [0.1, 0.15) is 11.8 Å². The summed E-state index contributed by atoms with van der Waals surface area (Å²) in [5.41, 5.74) is 4.89. The maximum absolute atomic E-state index is 9.40. The van der Waals surface area contributed by atoms with Crippen LogP contribution in [0.1, 0.15) is 64.7 Å². The summed E-state index contributed by atoms with van der Waals surface area (Å²) in [4.78, 5) is 4.57. The lowest BCUT2D eigenvalue weighted by Gasteiger charge is -2.11. The summed E-state index contributed by atoms with van der Waals surface area (Å²) in [6, 6.07) is 13.8. The molecule has 0 amide bonds. The molecule has 0 atom stereocenters. The van der Waals surface area contributed by atoms with Crippen LogP contribution in [0, 0.1) is 11.3 Å². The second-order valence-electron chi connectivity index (χ2n) is 6.71. The molecule has 0 fully saturated rings. The molecule has 3 aromatic rings. The minimum absolute atomic E-state index is 0.00290. The monoisotopic (exact) mass is 405 g/mol. The van der Waals surface area contributed by atoms with Crippen LogP contribution >= 0.6 is 0 Å². The van der Waals surface area contributed by atoms with Crippen molar-refractivity contribution in [1.82, 2.24) is 10.1 Å². The highest BCUT2D eigenvalue weighted by Gasteiger charge is 2.19. The number of hydrogen-bond donors (Lipinski definition) is 0. The van der Waals surface area contributed by atoms with E-state index >= 15 is 0 Å². The van der Waals surface area contributed by atoms with Gasteiger partial charge in [0, 0.05) is 11.1 Å². The Balaban J connectivity index is 0.000000757. The molecule has 1 aliphatic carbocycles. The number of aromatic nitrogens is 2. The molecule has 0 unspecified atom stereocenters. The van der Waals surface area contributed by atoms with Crippen LogP contribution in [0.5, 0.6) is 5.75 Å². The van der Waals surface area contributed by atoms with Crippen molar-refractivity contribution < 1.29 is 9.26 Å². The lowest BCUT2D eigenvalue weighted by Crippen LogP contribution is -2.06. The van der Waals surface area contributed by atoms with Gasteiger partial charge in [0.05, 0.1) is 11.7 Å². The second-order valence-corrected chi connectivity index (χ2v) is 6.71. The molecule has 0 saturated heterocycles. The molecule has 1 heterocycles. The molecule has 0 bridgehead atoms. The van der Waals surface area contributed by atoms with Gasteiger partial charge in [-0.25, -0.2) is 0 Å². The Morgan fingerprint density at radius 2 is 1.83 bits per heavy atom. The molecule has 0 aliphatic heterocycles. The van der Waals surface area contributed by atoms with E-state index in [9.17, 15) is 5.26 Å². The van der Waals surface area contributed by atoms with Gasteiger partial charge in [-0.1, -0.05) is 51.1 Å². The van der Waals surface area contributed by atoms with E-state index < -0.39 is 0 Å². The summed E-state index contributed by atoms with van der Waals surface area (Å²) >= 11 is 0. The van der Waals surface area contributed by atoms with E-state index in [1.807, 2.05) is 59.7 Å². The Bertz CT molecular complexity index is 1000. The summed E-state index contributed by atoms with van der Waals surface area (Å²) in [7, 11) is 0. The zero-order valence-corrected chi connectivity index (χ0v) is 18.8. The highest BCUT2D eigenvalue weighted by atomic mass is 16.5. The number of ether oxygens (including phenoxy) is 1. The van der Waals surface area contributed by atoms with Crippen LogP contribution in [0.15, 0.2) is 40.9 Å². The van der Waals surface area contributed by atoms with Crippen molar-refractivity contribution in [3.63, 3.8) is 0 Å². The van der Waals surface area contributed by atoms with E-state index in [0.29, 0.717) is 28.6 Å². The summed E-state index contributed by atoms with van der Waals surface area (Å²) in [6.45, 7) is 11.9. The normalized spacial score (nSPS) is 11.5. The molecular weight excluding hydrogens is 374 g/mol. The first-order valence-corrected chi connectivity index (χ1v) is 10.8. The van der Waals surface area contributed by atoms with Crippen molar-refractivity contribution in [3.05, 3.63) is 53.1 Å². The summed E-state index contributed by atoms with van der Waals surface area (Å²) in [5.74, 6) is 1.56. The Morgan fingerprint density at radius 3 is 2.53 bits per heavy atom. The van der Waals surface area contributed by atoms with Crippen LogP contribution in [-0.2, 0) is 12.8 Å². The number of fused-ring (bicyclic) bond motifs is 1. The molecule has 1 aromatic heterocycles. The quantitative estimate of drug-likeness (QED) is 0.489. The fraction of sp³-hybridized carbons (Fsp3) is 0.400. The predicted molar refractivity (Wildman–Crippen MR) is 120 cm³/mol. The zero-order valence-electron chi connectivity index (χ0n) is 18.8. The van der Waals surface area contributed by atoms with Crippen molar-refractivity contribution in [1.29, 1.82) is 5.26 Å². The van der Waals surface area contributed by atoms with Crippen LogP contribution in [0.3, 0.4) is 0 Å². The van der Waals surface area contributed by atoms with Gasteiger partial charge in [0.25, 0.3) is 5.89 Å². The fourth-order valence-corrected chi connectivity index (χ4v) is 3.39. The van der Waals surface area contributed by atoms with Gasteiger partial charge in [-0.15, -0.1) is 0 Å². The van der Waals surface area contributed by atoms with Gasteiger partial charge in [0.2, 0.25) is 5.82 Å². The van der Waals surface area contributed by atoms with Crippen molar-refractivity contribution in [2.24, 2.45) is 0 Å². The lowest BCUT2D eigenvalue weighted by atomic mass is 10.0. The molecule has 2 aromatic carbocycles. The molecule has 0 spiro atoms. The van der Waals surface area contributed by atoms with E-state index in [1.165, 1.54) is 17.5 Å². The number of aryl methyl sites for hydroxylation is 1. The Morgan fingerprint density at radius 1 is 1.07 bits per heavy atom. The average Bonchev–Trinajstić information content (AvgIpc) is 3.46. The first-order valence-electron chi connectivity index (χ1n) is 10.8. The molecule has 0 saturated carbocycles. The topological polar surface area (TPSA) is 71.9 Å². The molecule has 158 valence electrons. The molecule has 0 radical (unpaired) electrons. The van der Waals surface area contributed by atoms with Crippen molar-refractivity contribution >= 4 is 0 Å². The van der Waals surface area contributed by atoms with E-state index in [-0.39, 0.29) is 6.10 Å². The van der Waals surface area contributed by atoms with Crippen LogP contribution in [0.2, 0.25) is 0 Å². The first kappa shape index (κ1) is 23.2. The van der Waals surface area contributed by atoms with Crippen LogP contribution in [-0.4, -0.2) is 16.2 Å². The van der Waals surface area contributed by atoms with E-state index in [2.05, 4.69) is 22.3 Å². The van der Waals surface area contributed by atoms with Gasteiger partial charge < -0.3 is 9.26 Å². The summed E-state index contributed by atoms with van der Waals surface area (Å²) in [6.07, 6.45) is 3.33. The van der Waals surface area contributed by atoms with Gasteiger partial charge in [-0.3, -0.25) is 0 Å². The Kier molecular flexibility index (Phi) is 8.61. The van der Waals surface area contributed by atoms with Crippen molar-refractivity contribution in [2.45, 2.75) is 66.9 Å². The lowest BCUT2D eigenvalue weighted by molar-refractivity contribution is 0.241. The minimum Gasteiger partial charge on any atom is -0.490 e. The van der Waals surface area contributed by atoms with Crippen molar-refractivity contribution in [2.75, 3.05) is 0 Å². The SMILES string of the molecule is CC.CC.CC(C)Oc1ccc(-c2nc(-c3cccc4c3CCC4)no2)cc1C#N. The zero-order chi connectivity index (χ0) is 22.1. The molecule has 4 rings (SSSR count). The fourth-order valence-electron chi connectivity index (χ4n) is 3.39. The second kappa shape index (κ2) is 11.2. The third-order valence-electron chi connectivity index (χ3n) is 4.52. The van der Waals surface area contributed by atoms with Gasteiger partial charge in [0.15, 0.2) is 0 Å². The van der Waals surface area contributed by atoms with Crippen LogP contribution < -0.4 is 4.74 Å². The minimum atomic E-state index is 0.00290. The summed E-state index contributed by atoms with van der Waals surface area (Å²) < 4.78 is 11.1. The number of hydrogen-bond acceptors (Lipinski definition) is 5. The molecule has 1 aliphatic rings. The summed E-state index contributed by atoms with van der Waals surface area (Å²) in [5, 5.41) is 13.6. The standard InChI is InChI=1S/C21H19N3O2.2C2H6/c1-13(2)25-19-10-9-15(11-16(19)12-22)21-23-20(24-26-21)18-8-4-6-14-5-3-7-17(14)18;2*1-2/h4,6,8-11,13H,3,5,7H2,1-2H3;2*1-2H3. The average molecular weight is 406 g/mol. The highest BCUT2D eigenvalue weighted by Crippen LogP contribution is 2.32. The number of benzene rings is 2. The molecule has 5 heteroatoms. The predicted octanol–water partition coefficient (Wildman–Crippen LogP) is 6.60. The maximum Gasteiger partial charge on any atom is 0.258 e. The Hall–Kier alpha value is -3.13. The van der Waals surface area contributed by atoms with Gasteiger partial charge in [-0.2, -0.15) is 10.2 Å². The number of nitriles is 1. The van der Waals surface area contributed by atoms with Gasteiger partial charge >= 0.3 is 0 Å². The third-order valence-corrected chi connectivity index (χ3v) is 4.52. The molecule has 30 heavy (non-hydrogen) atoms. The smallest absolute Gasteiger partial charge is 0.258 e. The molecule has 0 N–H and O–H groups in total.